The zero-order valence-electron chi connectivity index (χ0n) is 16.0. The Hall–Kier alpha value is -2.41. The second-order valence-electron chi connectivity index (χ2n) is 6.78. The van der Waals surface area contributed by atoms with Crippen molar-refractivity contribution in [3.8, 4) is 0 Å². The van der Waals surface area contributed by atoms with Gasteiger partial charge in [0.1, 0.15) is 0 Å². The molecular weight excluding hydrogens is 410 g/mol. The molecule has 2 aromatic carbocycles. The number of ether oxygens (including phenoxy) is 1. The summed E-state index contributed by atoms with van der Waals surface area (Å²) in [5.74, 6) is -0.429. The van der Waals surface area contributed by atoms with Crippen LogP contribution < -0.4 is 4.72 Å². The lowest BCUT2D eigenvalue weighted by atomic mass is 9.83. The average molecular weight is 432 g/mol. The molecule has 0 radical (unpaired) electrons. The van der Waals surface area contributed by atoms with E-state index in [4.69, 9.17) is 11.6 Å². The van der Waals surface area contributed by atoms with Crippen molar-refractivity contribution in [2.75, 3.05) is 7.11 Å². The molecule has 0 saturated carbocycles. The minimum atomic E-state index is -3.63. The number of esters is 1. The first-order valence-corrected chi connectivity index (χ1v) is 11.0. The Bertz CT molecular complexity index is 1060. The lowest BCUT2D eigenvalue weighted by molar-refractivity contribution is -0.134. The Labute approximate surface area is 176 Å². The summed E-state index contributed by atoms with van der Waals surface area (Å²) < 4.78 is 32.8. The Morgan fingerprint density at radius 1 is 1.24 bits per heavy atom. The molecule has 0 spiro atoms. The van der Waals surface area contributed by atoms with E-state index >= 15 is 0 Å². The molecule has 1 N–H and O–H groups in total. The molecule has 2 aromatic rings. The third-order valence-electron chi connectivity index (χ3n) is 4.95. The summed E-state index contributed by atoms with van der Waals surface area (Å²) in [5, 5.41) is 0.487. The van der Waals surface area contributed by atoms with E-state index in [1.807, 2.05) is 12.1 Å². The van der Waals surface area contributed by atoms with Gasteiger partial charge in [0.2, 0.25) is 10.0 Å². The SMILES string of the molecule is C=Cc1ccc2c(c1/C=C/C(=O)OC)CCC(NS(=O)(=O)c1ccc(Cl)cc1)C2. The van der Waals surface area contributed by atoms with E-state index in [0.717, 1.165) is 22.3 Å². The molecule has 5 nitrogen and oxygen atoms in total. The van der Waals surface area contributed by atoms with Gasteiger partial charge in [-0.3, -0.25) is 0 Å². The van der Waals surface area contributed by atoms with Crippen molar-refractivity contribution in [3.63, 3.8) is 0 Å². The maximum atomic E-state index is 12.7. The van der Waals surface area contributed by atoms with Crippen LogP contribution in [-0.2, 0) is 32.4 Å². The van der Waals surface area contributed by atoms with E-state index in [2.05, 4.69) is 16.0 Å². The molecule has 3 rings (SSSR count). The highest BCUT2D eigenvalue weighted by molar-refractivity contribution is 7.89. The molecule has 0 bridgehead atoms. The van der Waals surface area contributed by atoms with Crippen LogP contribution in [0, 0.1) is 0 Å². The second-order valence-corrected chi connectivity index (χ2v) is 8.93. The highest BCUT2D eigenvalue weighted by atomic mass is 35.5. The zero-order chi connectivity index (χ0) is 21.0. The Kier molecular flexibility index (Phi) is 6.57. The van der Waals surface area contributed by atoms with Gasteiger partial charge in [0, 0.05) is 17.1 Å². The van der Waals surface area contributed by atoms with Crippen LogP contribution in [0.25, 0.3) is 12.2 Å². The van der Waals surface area contributed by atoms with Crippen LogP contribution in [0.5, 0.6) is 0 Å². The van der Waals surface area contributed by atoms with Crippen molar-refractivity contribution < 1.29 is 17.9 Å². The molecule has 29 heavy (non-hydrogen) atoms. The molecule has 0 heterocycles. The standard InChI is InChI=1S/C22H22ClNO4S/c1-3-15-4-5-16-14-18(8-11-21(16)20(15)12-13-22(25)28-2)24-29(26,27)19-9-6-17(23)7-10-19/h3-7,9-10,12-13,18,24H,1,8,11,14H2,2H3/b13-12+. The first-order valence-electron chi connectivity index (χ1n) is 9.15. The lowest BCUT2D eigenvalue weighted by Gasteiger charge is -2.27. The molecule has 1 aliphatic carbocycles. The van der Waals surface area contributed by atoms with E-state index in [0.29, 0.717) is 24.3 Å². The number of carbonyl (C=O) groups excluding carboxylic acids is 1. The minimum absolute atomic E-state index is 0.191. The lowest BCUT2D eigenvalue weighted by Crippen LogP contribution is -2.39. The van der Waals surface area contributed by atoms with Gasteiger partial charge in [-0.05, 0) is 71.9 Å². The number of rotatable bonds is 6. The van der Waals surface area contributed by atoms with Gasteiger partial charge in [-0.15, -0.1) is 0 Å². The van der Waals surface area contributed by atoms with E-state index in [9.17, 15) is 13.2 Å². The monoisotopic (exact) mass is 431 g/mol. The predicted molar refractivity (Wildman–Crippen MR) is 115 cm³/mol. The smallest absolute Gasteiger partial charge is 0.330 e. The molecule has 0 aromatic heterocycles. The summed E-state index contributed by atoms with van der Waals surface area (Å²) in [5.41, 5.74) is 3.99. The summed E-state index contributed by atoms with van der Waals surface area (Å²) in [4.78, 5) is 11.7. The maximum Gasteiger partial charge on any atom is 0.330 e. The van der Waals surface area contributed by atoms with Gasteiger partial charge < -0.3 is 4.74 Å². The van der Waals surface area contributed by atoms with Gasteiger partial charge in [0.05, 0.1) is 12.0 Å². The molecule has 7 heteroatoms. The van der Waals surface area contributed by atoms with E-state index in [1.54, 1.807) is 24.3 Å². The molecule has 1 atom stereocenters. The number of methoxy groups -OCH3 is 1. The van der Waals surface area contributed by atoms with Crippen molar-refractivity contribution in [2.24, 2.45) is 0 Å². The third-order valence-corrected chi connectivity index (χ3v) is 6.74. The number of halogens is 1. The average Bonchev–Trinajstić information content (AvgIpc) is 2.71. The van der Waals surface area contributed by atoms with Gasteiger partial charge in [0.15, 0.2) is 0 Å². The van der Waals surface area contributed by atoms with Crippen LogP contribution in [0.3, 0.4) is 0 Å². The number of benzene rings is 2. The number of fused-ring (bicyclic) bond motifs is 1. The van der Waals surface area contributed by atoms with Crippen LogP contribution in [0.15, 0.2) is 53.9 Å². The van der Waals surface area contributed by atoms with Crippen molar-refractivity contribution in [3.05, 3.63) is 76.3 Å². The fourth-order valence-corrected chi connectivity index (χ4v) is 4.89. The van der Waals surface area contributed by atoms with Crippen LogP contribution in [0.2, 0.25) is 5.02 Å². The number of nitrogens with one attached hydrogen (secondary N) is 1. The number of sulfonamides is 1. The van der Waals surface area contributed by atoms with E-state index in [-0.39, 0.29) is 10.9 Å². The molecule has 0 amide bonds. The highest BCUT2D eigenvalue weighted by Crippen LogP contribution is 2.30. The van der Waals surface area contributed by atoms with Gasteiger partial charge in [-0.25, -0.2) is 17.9 Å². The summed E-state index contributed by atoms with van der Waals surface area (Å²) >= 11 is 5.85. The van der Waals surface area contributed by atoms with Crippen LogP contribution in [-0.4, -0.2) is 27.5 Å². The van der Waals surface area contributed by atoms with Crippen molar-refractivity contribution >= 4 is 39.7 Å². The van der Waals surface area contributed by atoms with E-state index < -0.39 is 16.0 Å². The molecular formula is C22H22ClNO4S. The van der Waals surface area contributed by atoms with Gasteiger partial charge in [-0.1, -0.05) is 36.4 Å². The van der Waals surface area contributed by atoms with Gasteiger partial charge >= 0.3 is 5.97 Å². The highest BCUT2D eigenvalue weighted by Gasteiger charge is 2.26. The molecule has 0 fully saturated rings. The van der Waals surface area contributed by atoms with Crippen molar-refractivity contribution in [2.45, 2.75) is 30.2 Å². The molecule has 0 saturated heterocycles. The Morgan fingerprint density at radius 2 is 1.97 bits per heavy atom. The fourth-order valence-electron chi connectivity index (χ4n) is 3.50. The number of carbonyl (C=O) groups is 1. The first kappa shape index (κ1) is 21.3. The maximum absolute atomic E-state index is 12.7. The largest absolute Gasteiger partial charge is 0.466 e. The third kappa shape index (κ3) is 4.96. The van der Waals surface area contributed by atoms with Gasteiger partial charge in [-0.2, -0.15) is 0 Å². The molecule has 0 aliphatic heterocycles. The molecule has 1 unspecified atom stereocenters. The first-order chi connectivity index (χ1) is 13.8. The number of hydrogen-bond donors (Lipinski definition) is 1. The summed E-state index contributed by atoms with van der Waals surface area (Å²) in [6.07, 6.45) is 6.77. The van der Waals surface area contributed by atoms with Gasteiger partial charge in [0.25, 0.3) is 0 Å². The summed E-state index contributed by atoms with van der Waals surface area (Å²) in [6, 6.07) is 9.81. The predicted octanol–water partition coefficient (Wildman–Crippen LogP) is 4.01. The normalized spacial score (nSPS) is 16.4. The summed E-state index contributed by atoms with van der Waals surface area (Å²) in [7, 11) is -2.29. The van der Waals surface area contributed by atoms with Crippen molar-refractivity contribution in [1.29, 1.82) is 0 Å². The van der Waals surface area contributed by atoms with Crippen LogP contribution >= 0.6 is 11.6 Å². The topological polar surface area (TPSA) is 72.5 Å². The van der Waals surface area contributed by atoms with E-state index in [1.165, 1.54) is 25.3 Å². The Balaban J connectivity index is 1.84. The van der Waals surface area contributed by atoms with Crippen molar-refractivity contribution in [1.82, 2.24) is 4.72 Å². The quantitative estimate of drug-likeness (QED) is 0.554. The second kappa shape index (κ2) is 8.95. The fraction of sp³-hybridized carbons (Fsp3) is 0.227. The zero-order valence-corrected chi connectivity index (χ0v) is 17.6. The molecule has 152 valence electrons. The molecule has 1 aliphatic rings. The van der Waals surface area contributed by atoms with Crippen LogP contribution in [0.4, 0.5) is 0 Å². The summed E-state index contributed by atoms with van der Waals surface area (Å²) in [6.45, 7) is 3.84. The Morgan fingerprint density at radius 3 is 2.62 bits per heavy atom. The number of hydrogen-bond acceptors (Lipinski definition) is 4. The van der Waals surface area contributed by atoms with Crippen LogP contribution in [0.1, 0.15) is 28.7 Å². The minimum Gasteiger partial charge on any atom is -0.466 e.